The van der Waals surface area contributed by atoms with E-state index in [1.807, 2.05) is 31.2 Å². The van der Waals surface area contributed by atoms with E-state index in [9.17, 15) is 8.42 Å². The minimum atomic E-state index is -3.04. The van der Waals surface area contributed by atoms with Crippen LogP contribution in [0.4, 0.5) is 0 Å². The summed E-state index contributed by atoms with van der Waals surface area (Å²) in [4.78, 5) is 4.50. The second-order valence-corrected chi connectivity index (χ2v) is 7.84. The van der Waals surface area contributed by atoms with Gasteiger partial charge in [-0.2, -0.15) is 0 Å². The summed E-state index contributed by atoms with van der Waals surface area (Å²) in [5, 5.41) is 7.03. The van der Waals surface area contributed by atoms with Crippen LogP contribution in [0, 0.1) is 0 Å². The Morgan fingerprint density at radius 1 is 1.29 bits per heavy atom. The minimum Gasteiger partial charge on any atom is -0.357 e. The van der Waals surface area contributed by atoms with E-state index in [-0.39, 0.29) is 29.7 Å². The van der Waals surface area contributed by atoms with E-state index in [4.69, 9.17) is 11.6 Å². The third-order valence-electron chi connectivity index (χ3n) is 3.53. The van der Waals surface area contributed by atoms with Gasteiger partial charge in [0.05, 0.1) is 12.3 Å². The molecule has 1 aromatic rings. The Morgan fingerprint density at radius 3 is 2.58 bits per heavy atom. The number of benzene rings is 1. The van der Waals surface area contributed by atoms with Crippen LogP contribution < -0.4 is 10.6 Å². The number of sulfonamides is 1. The predicted molar refractivity (Wildman–Crippen MR) is 110 cm³/mol. The van der Waals surface area contributed by atoms with Crippen LogP contribution in [0.3, 0.4) is 0 Å². The highest BCUT2D eigenvalue weighted by molar-refractivity contribution is 14.0. The maximum atomic E-state index is 11.7. The molecule has 24 heavy (non-hydrogen) atoms. The van der Waals surface area contributed by atoms with E-state index >= 15 is 0 Å². The van der Waals surface area contributed by atoms with Crippen molar-refractivity contribution in [3.8, 4) is 0 Å². The van der Waals surface area contributed by atoms with E-state index < -0.39 is 10.0 Å². The van der Waals surface area contributed by atoms with Crippen molar-refractivity contribution in [2.24, 2.45) is 4.99 Å². The zero-order chi connectivity index (χ0) is 16.7. The largest absolute Gasteiger partial charge is 0.357 e. The lowest BCUT2D eigenvalue weighted by atomic mass is 10.2. The molecule has 2 N–H and O–H groups in total. The topological polar surface area (TPSA) is 73.8 Å². The molecule has 1 aliphatic rings. The van der Waals surface area contributed by atoms with Crippen molar-refractivity contribution in [1.29, 1.82) is 0 Å². The van der Waals surface area contributed by atoms with Crippen molar-refractivity contribution in [1.82, 2.24) is 14.9 Å². The van der Waals surface area contributed by atoms with Gasteiger partial charge in [-0.15, -0.1) is 24.0 Å². The molecule has 1 aliphatic heterocycles. The number of rotatable bonds is 6. The molecule has 0 saturated carbocycles. The first-order valence-electron chi connectivity index (χ1n) is 7.75. The van der Waals surface area contributed by atoms with Crippen molar-refractivity contribution < 1.29 is 8.42 Å². The van der Waals surface area contributed by atoms with Crippen molar-refractivity contribution >= 4 is 51.6 Å². The Kier molecular flexibility index (Phi) is 9.32. The third kappa shape index (κ3) is 6.73. The van der Waals surface area contributed by atoms with Crippen molar-refractivity contribution in [3.63, 3.8) is 0 Å². The standard InChI is InChI=1S/C15H23ClN4O2S.HI/c1-2-17-15(19-12-13-4-6-14(16)7-5-13)18-8-10-20-9-3-11-23(20,21)22;/h4-7H,2-3,8-12H2,1H3,(H2,17,18,19);1H. The van der Waals surface area contributed by atoms with Crippen LogP contribution in [0.1, 0.15) is 18.9 Å². The molecule has 0 amide bonds. The Bertz CT molecular complexity index is 637. The van der Waals surface area contributed by atoms with E-state index in [1.54, 1.807) is 0 Å². The van der Waals surface area contributed by atoms with E-state index in [0.29, 0.717) is 43.6 Å². The number of halogens is 2. The number of hydrogen-bond acceptors (Lipinski definition) is 3. The van der Waals surface area contributed by atoms with Crippen molar-refractivity contribution in [2.75, 3.05) is 31.9 Å². The maximum absolute atomic E-state index is 11.7. The highest BCUT2D eigenvalue weighted by atomic mass is 127. The summed E-state index contributed by atoms with van der Waals surface area (Å²) in [6, 6.07) is 7.55. The van der Waals surface area contributed by atoms with Crippen LogP contribution in [0.15, 0.2) is 29.3 Å². The summed E-state index contributed by atoms with van der Waals surface area (Å²) < 4.78 is 25.0. The summed E-state index contributed by atoms with van der Waals surface area (Å²) in [7, 11) is -3.04. The lowest BCUT2D eigenvalue weighted by molar-refractivity contribution is 0.445. The predicted octanol–water partition coefficient (Wildman–Crippen LogP) is 2.05. The quantitative estimate of drug-likeness (QED) is 0.367. The lowest BCUT2D eigenvalue weighted by Crippen LogP contribution is -2.42. The van der Waals surface area contributed by atoms with Crippen LogP contribution in [0.25, 0.3) is 0 Å². The number of nitrogens with one attached hydrogen (secondary N) is 2. The Morgan fingerprint density at radius 2 is 2.00 bits per heavy atom. The molecule has 1 aromatic carbocycles. The molecule has 0 spiro atoms. The molecule has 0 radical (unpaired) electrons. The van der Waals surface area contributed by atoms with Crippen molar-refractivity contribution in [2.45, 2.75) is 19.9 Å². The van der Waals surface area contributed by atoms with Crippen LogP contribution in [0.2, 0.25) is 5.02 Å². The summed E-state index contributed by atoms with van der Waals surface area (Å²) in [5.41, 5.74) is 1.06. The van der Waals surface area contributed by atoms with Gasteiger partial charge in [0.25, 0.3) is 0 Å². The molecule has 0 aliphatic carbocycles. The monoisotopic (exact) mass is 486 g/mol. The number of hydrogen-bond donors (Lipinski definition) is 2. The Hall–Kier alpha value is -0.580. The fourth-order valence-electron chi connectivity index (χ4n) is 2.34. The van der Waals surface area contributed by atoms with Gasteiger partial charge in [0.1, 0.15) is 0 Å². The fourth-order valence-corrected chi connectivity index (χ4v) is 4.00. The van der Waals surface area contributed by atoms with E-state index in [2.05, 4.69) is 15.6 Å². The average Bonchev–Trinajstić information content (AvgIpc) is 2.85. The van der Waals surface area contributed by atoms with Crippen LogP contribution in [0.5, 0.6) is 0 Å². The second kappa shape index (κ2) is 10.4. The van der Waals surface area contributed by atoms with Crippen LogP contribution in [-0.4, -0.2) is 50.6 Å². The SMILES string of the molecule is CCNC(=NCc1ccc(Cl)cc1)NCCN1CCCS1(=O)=O.I. The lowest BCUT2D eigenvalue weighted by Gasteiger charge is -2.16. The molecule has 136 valence electrons. The number of nitrogens with zero attached hydrogens (tertiary/aromatic N) is 2. The van der Waals surface area contributed by atoms with Crippen LogP contribution in [-0.2, 0) is 16.6 Å². The molecule has 1 heterocycles. The normalized spacial score (nSPS) is 17.3. The van der Waals surface area contributed by atoms with Gasteiger partial charge in [0.15, 0.2) is 5.96 Å². The zero-order valence-corrected chi connectivity index (χ0v) is 17.6. The van der Waals surface area contributed by atoms with Gasteiger partial charge in [0.2, 0.25) is 10.0 Å². The second-order valence-electron chi connectivity index (χ2n) is 5.32. The third-order valence-corrected chi connectivity index (χ3v) is 5.74. The molecule has 0 bridgehead atoms. The molecule has 0 aromatic heterocycles. The van der Waals surface area contributed by atoms with E-state index in [1.165, 1.54) is 4.31 Å². The number of aliphatic imine (C=N–C) groups is 1. The first-order chi connectivity index (χ1) is 11.0. The Balaban J connectivity index is 0.00000288. The van der Waals surface area contributed by atoms with Gasteiger partial charge >= 0.3 is 0 Å². The molecule has 0 unspecified atom stereocenters. The molecular formula is C15H24ClIN4O2S. The maximum Gasteiger partial charge on any atom is 0.214 e. The molecular weight excluding hydrogens is 463 g/mol. The van der Waals surface area contributed by atoms with Gasteiger partial charge in [-0.3, -0.25) is 0 Å². The summed E-state index contributed by atoms with van der Waals surface area (Å²) in [6.45, 7) is 4.88. The average molecular weight is 487 g/mol. The minimum absolute atomic E-state index is 0. The van der Waals surface area contributed by atoms with Crippen molar-refractivity contribution in [3.05, 3.63) is 34.9 Å². The Labute approximate surface area is 166 Å². The van der Waals surface area contributed by atoms with E-state index in [0.717, 1.165) is 12.1 Å². The molecule has 9 heteroatoms. The highest BCUT2D eigenvalue weighted by Gasteiger charge is 2.27. The molecule has 2 rings (SSSR count). The van der Waals surface area contributed by atoms with Gasteiger partial charge in [-0.05, 0) is 31.0 Å². The van der Waals surface area contributed by atoms with Gasteiger partial charge in [-0.1, -0.05) is 23.7 Å². The first kappa shape index (κ1) is 21.5. The first-order valence-corrected chi connectivity index (χ1v) is 9.74. The fraction of sp³-hybridized carbons (Fsp3) is 0.533. The van der Waals surface area contributed by atoms with Gasteiger partial charge in [-0.25, -0.2) is 17.7 Å². The highest BCUT2D eigenvalue weighted by Crippen LogP contribution is 2.12. The summed E-state index contributed by atoms with van der Waals surface area (Å²) in [6.07, 6.45) is 0.715. The van der Waals surface area contributed by atoms with Gasteiger partial charge in [0, 0.05) is 31.2 Å². The zero-order valence-electron chi connectivity index (χ0n) is 13.7. The molecule has 1 saturated heterocycles. The van der Waals surface area contributed by atoms with Crippen LogP contribution >= 0.6 is 35.6 Å². The van der Waals surface area contributed by atoms with Gasteiger partial charge < -0.3 is 10.6 Å². The molecule has 1 fully saturated rings. The summed E-state index contributed by atoms with van der Waals surface area (Å²) in [5.74, 6) is 0.941. The number of guanidine groups is 1. The molecule has 6 nitrogen and oxygen atoms in total. The summed E-state index contributed by atoms with van der Waals surface area (Å²) >= 11 is 5.86. The molecule has 0 atom stereocenters. The smallest absolute Gasteiger partial charge is 0.214 e.